The minimum absolute atomic E-state index is 0.671. The standard InChI is InChI=1S/C14H17N3P/c15-18(16-11-13-7-3-1-4-8-13)17-12-14-9-5-2-6-10-14/h1-10H,11-12H2,(H3,15,16,17)/q+1. The summed E-state index contributed by atoms with van der Waals surface area (Å²) >= 11 is 0. The summed E-state index contributed by atoms with van der Waals surface area (Å²) in [5.41, 5.74) is 8.38. The lowest BCUT2D eigenvalue weighted by Crippen LogP contribution is -2.07. The van der Waals surface area contributed by atoms with Crippen LogP contribution in [0, 0.1) is 0 Å². The Morgan fingerprint density at radius 2 is 1.44 bits per heavy atom. The van der Waals surface area contributed by atoms with Gasteiger partial charge in [0.1, 0.15) is 6.54 Å². The first-order valence-electron chi connectivity index (χ1n) is 5.88. The molecule has 18 heavy (non-hydrogen) atoms. The smallest absolute Gasteiger partial charge is 0.121 e. The molecule has 0 aliphatic heterocycles. The van der Waals surface area contributed by atoms with Gasteiger partial charge in [-0.1, -0.05) is 65.4 Å². The molecule has 0 aliphatic carbocycles. The van der Waals surface area contributed by atoms with Crippen molar-refractivity contribution in [3.05, 3.63) is 71.8 Å². The van der Waals surface area contributed by atoms with Crippen molar-refractivity contribution in [2.24, 2.45) is 10.2 Å². The van der Waals surface area contributed by atoms with Crippen LogP contribution in [-0.2, 0) is 13.1 Å². The van der Waals surface area contributed by atoms with Gasteiger partial charge in [0.2, 0.25) is 0 Å². The second kappa shape index (κ2) is 7.02. The van der Waals surface area contributed by atoms with E-state index in [0.29, 0.717) is 6.54 Å². The fourth-order valence-electron chi connectivity index (χ4n) is 1.56. The molecule has 0 radical (unpaired) electrons. The van der Waals surface area contributed by atoms with E-state index in [4.69, 9.17) is 5.50 Å². The van der Waals surface area contributed by atoms with E-state index in [0.717, 1.165) is 6.54 Å². The van der Waals surface area contributed by atoms with Gasteiger partial charge in [-0.25, -0.2) is 0 Å². The van der Waals surface area contributed by atoms with Gasteiger partial charge in [0.25, 0.3) is 0 Å². The Kier molecular flexibility index (Phi) is 5.03. The molecule has 2 aromatic rings. The molecular formula is C14H17N3P+. The Labute approximate surface area is 109 Å². The van der Waals surface area contributed by atoms with Crippen LogP contribution >= 0.6 is 8.01 Å². The number of nitrogens with zero attached hydrogens (tertiary/aromatic N) is 1. The highest BCUT2D eigenvalue weighted by Crippen LogP contribution is 2.13. The molecule has 0 fully saturated rings. The zero-order valence-electron chi connectivity index (χ0n) is 10.2. The number of benzene rings is 2. The van der Waals surface area contributed by atoms with Gasteiger partial charge >= 0.3 is 8.01 Å². The van der Waals surface area contributed by atoms with Crippen molar-refractivity contribution in [3.63, 3.8) is 0 Å². The summed E-state index contributed by atoms with van der Waals surface area (Å²) in [5, 5.41) is 3.25. The van der Waals surface area contributed by atoms with E-state index in [1.54, 1.807) is 0 Å². The summed E-state index contributed by atoms with van der Waals surface area (Å²) < 4.78 is 4.44. The van der Waals surface area contributed by atoms with Gasteiger partial charge in [-0.05, 0) is 11.1 Å². The number of hydrogen-bond acceptors (Lipinski definition) is 1. The van der Waals surface area contributed by atoms with Crippen molar-refractivity contribution in [2.45, 2.75) is 13.1 Å². The van der Waals surface area contributed by atoms with Crippen molar-refractivity contribution >= 4 is 8.01 Å². The highest BCUT2D eigenvalue weighted by molar-refractivity contribution is 7.42. The van der Waals surface area contributed by atoms with E-state index >= 15 is 0 Å². The summed E-state index contributed by atoms with van der Waals surface area (Å²) in [6.07, 6.45) is 0. The summed E-state index contributed by atoms with van der Waals surface area (Å²) in [7, 11) is -0.953. The van der Waals surface area contributed by atoms with Crippen molar-refractivity contribution in [1.82, 2.24) is 5.09 Å². The second-order valence-corrected chi connectivity index (χ2v) is 5.24. The SMILES string of the molecule is N[P+](=NCc1ccccc1)NCc1ccccc1. The van der Waals surface area contributed by atoms with E-state index in [-0.39, 0.29) is 0 Å². The predicted molar refractivity (Wildman–Crippen MR) is 77.0 cm³/mol. The van der Waals surface area contributed by atoms with Crippen LogP contribution in [0.25, 0.3) is 0 Å². The Morgan fingerprint density at radius 1 is 0.889 bits per heavy atom. The van der Waals surface area contributed by atoms with Gasteiger partial charge in [0.05, 0.1) is 6.54 Å². The molecule has 0 bridgehead atoms. The molecular weight excluding hydrogens is 241 g/mol. The molecule has 0 heterocycles. The van der Waals surface area contributed by atoms with Gasteiger partial charge in [0, 0.05) is 0 Å². The van der Waals surface area contributed by atoms with E-state index in [1.807, 2.05) is 36.4 Å². The molecule has 0 aliphatic rings. The molecule has 4 heteroatoms. The Bertz CT molecular complexity index is 497. The third kappa shape index (κ3) is 4.38. The molecule has 2 aromatic carbocycles. The molecule has 1 unspecified atom stereocenters. The maximum atomic E-state index is 5.96. The highest BCUT2D eigenvalue weighted by atomic mass is 31.1. The average Bonchev–Trinajstić information content (AvgIpc) is 2.45. The maximum absolute atomic E-state index is 5.96. The van der Waals surface area contributed by atoms with Crippen LogP contribution in [0.1, 0.15) is 11.1 Å². The number of nitrogens with one attached hydrogen (secondary N) is 1. The van der Waals surface area contributed by atoms with Crippen LogP contribution in [0.15, 0.2) is 65.4 Å². The van der Waals surface area contributed by atoms with Crippen LogP contribution in [0.3, 0.4) is 0 Å². The predicted octanol–water partition coefficient (Wildman–Crippen LogP) is 3.43. The molecule has 0 aromatic heterocycles. The zero-order valence-corrected chi connectivity index (χ0v) is 11.1. The Balaban J connectivity index is 1.83. The molecule has 3 nitrogen and oxygen atoms in total. The lowest BCUT2D eigenvalue weighted by atomic mass is 10.2. The molecule has 1 atom stereocenters. The fraction of sp³-hybridized carbons (Fsp3) is 0.143. The van der Waals surface area contributed by atoms with Gasteiger partial charge < -0.3 is 0 Å². The zero-order chi connectivity index (χ0) is 12.6. The van der Waals surface area contributed by atoms with Crippen LogP contribution in [-0.4, -0.2) is 0 Å². The minimum Gasteiger partial charge on any atom is -0.121 e. The molecule has 0 saturated carbocycles. The first kappa shape index (κ1) is 12.9. The van der Waals surface area contributed by atoms with Gasteiger partial charge in [-0.15, -0.1) is 10.6 Å². The minimum atomic E-state index is -0.953. The average molecular weight is 258 g/mol. The second-order valence-electron chi connectivity index (χ2n) is 3.95. The van der Waals surface area contributed by atoms with E-state index in [2.05, 4.69) is 34.1 Å². The molecule has 0 saturated heterocycles. The molecule has 0 spiro atoms. The Morgan fingerprint density at radius 3 is 2.06 bits per heavy atom. The highest BCUT2D eigenvalue weighted by Gasteiger charge is 2.05. The summed E-state index contributed by atoms with van der Waals surface area (Å²) in [4.78, 5) is 0. The molecule has 92 valence electrons. The van der Waals surface area contributed by atoms with Gasteiger partial charge in [-0.3, -0.25) is 0 Å². The summed E-state index contributed by atoms with van der Waals surface area (Å²) in [6.45, 7) is 1.44. The van der Waals surface area contributed by atoms with Crippen molar-refractivity contribution in [2.75, 3.05) is 0 Å². The fourth-order valence-corrected chi connectivity index (χ4v) is 2.32. The monoisotopic (exact) mass is 258 g/mol. The van der Waals surface area contributed by atoms with E-state index in [9.17, 15) is 0 Å². The lowest BCUT2D eigenvalue weighted by Gasteiger charge is -1.96. The number of hydrogen-bond donors (Lipinski definition) is 2. The Hall–Kier alpha value is -1.54. The van der Waals surface area contributed by atoms with Crippen LogP contribution < -0.4 is 10.6 Å². The van der Waals surface area contributed by atoms with Gasteiger partial charge in [-0.2, -0.15) is 0 Å². The third-order valence-electron chi connectivity index (χ3n) is 2.54. The molecule has 2 rings (SSSR count). The summed E-state index contributed by atoms with van der Waals surface area (Å²) in [6, 6.07) is 20.4. The van der Waals surface area contributed by atoms with Crippen molar-refractivity contribution in [3.8, 4) is 0 Å². The molecule has 3 N–H and O–H groups in total. The van der Waals surface area contributed by atoms with Crippen molar-refractivity contribution in [1.29, 1.82) is 0 Å². The van der Waals surface area contributed by atoms with Crippen LogP contribution in [0.5, 0.6) is 0 Å². The first-order chi connectivity index (χ1) is 8.84. The number of nitrogens with two attached hydrogens (primary N) is 1. The van der Waals surface area contributed by atoms with E-state index < -0.39 is 8.01 Å². The van der Waals surface area contributed by atoms with Crippen LogP contribution in [0.4, 0.5) is 0 Å². The van der Waals surface area contributed by atoms with Gasteiger partial charge in [0.15, 0.2) is 0 Å². The third-order valence-corrected chi connectivity index (χ3v) is 3.46. The summed E-state index contributed by atoms with van der Waals surface area (Å²) in [5.74, 6) is 0. The first-order valence-corrected chi connectivity index (χ1v) is 7.24. The molecule has 0 amide bonds. The quantitative estimate of drug-likeness (QED) is 0.807. The van der Waals surface area contributed by atoms with E-state index in [1.165, 1.54) is 11.1 Å². The largest absolute Gasteiger partial charge is 0.391 e. The lowest BCUT2D eigenvalue weighted by molar-refractivity contribution is 0.950. The van der Waals surface area contributed by atoms with Crippen LogP contribution in [0.2, 0.25) is 0 Å². The normalized spacial score (nSPS) is 11.5. The number of rotatable bonds is 5. The van der Waals surface area contributed by atoms with Crippen molar-refractivity contribution < 1.29 is 0 Å². The maximum Gasteiger partial charge on any atom is 0.391 e. The topological polar surface area (TPSA) is 50.4 Å².